The zero-order valence-corrected chi connectivity index (χ0v) is 11.7. The minimum absolute atomic E-state index is 0.670. The van der Waals surface area contributed by atoms with Crippen LogP contribution in [0.2, 0.25) is 0 Å². The van der Waals surface area contributed by atoms with E-state index in [0.717, 1.165) is 17.0 Å². The highest BCUT2D eigenvalue weighted by molar-refractivity contribution is 9.10. The van der Waals surface area contributed by atoms with E-state index in [1.54, 1.807) is 6.20 Å². The van der Waals surface area contributed by atoms with Gasteiger partial charge in [-0.05, 0) is 40.4 Å². The van der Waals surface area contributed by atoms with E-state index in [4.69, 9.17) is 4.74 Å². The Kier molecular flexibility index (Phi) is 6.46. The van der Waals surface area contributed by atoms with E-state index in [1.165, 1.54) is 25.7 Å². The predicted molar refractivity (Wildman–Crippen MR) is 70.7 cm³/mol. The van der Waals surface area contributed by atoms with Crippen molar-refractivity contribution in [1.82, 2.24) is 4.98 Å². The largest absolute Gasteiger partial charge is 0.492 e. The van der Waals surface area contributed by atoms with Gasteiger partial charge in [-0.3, -0.25) is 0 Å². The monoisotopic (exact) mass is 285 g/mol. The molecule has 0 radical (unpaired) electrons. The fourth-order valence-corrected chi connectivity index (χ4v) is 1.79. The quantitative estimate of drug-likeness (QED) is 0.691. The molecule has 1 unspecified atom stereocenters. The first-order chi connectivity index (χ1) is 7.76. The molecule has 1 atom stereocenters. The topological polar surface area (TPSA) is 22.1 Å². The normalized spacial score (nSPS) is 12.4. The Hall–Kier alpha value is -0.570. The van der Waals surface area contributed by atoms with Crippen LogP contribution in [0.4, 0.5) is 0 Å². The van der Waals surface area contributed by atoms with E-state index in [9.17, 15) is 0 Å². The minimum atomic E-state index is 0.670. The summed E-state index contributed by atoms with van der Waals surface area (Å²) in [6, 6.07) is 3.85. The first kappa shape index (κ1) is 13.5. The summed E-state index contributed by atoms with van der Waals surface area (Å²) in [6.07, 6.45) is 6.76. The second-order valence-electron chi connectivity index (χ2n) is 4.04. The van der Waals surface area contributed by atoms with Gasteiger partial charge in [-0.1, -0.05) is 33.1 Å². The lowest BCUT2D eigenvalue weighted by molar-refractivity contribution is 0.232. The fourth-order valence-electron chi connectivity index (χ4n) is 1.56. The van der Waals surface area contributed by atoms with Crippen molar-refractivity contribution in [2.24, 2.45) is 5.92 Å². The number of hydrogen-bond acceptors (Lipinski definition) is 2. The summed E-state index contributed by atoms with van der Waals surface area (Å²) in [5.41, 5.74) is 0. The molecular formula is C13H20BrNO. The van der Waals surface area contributed by atoms with Gasteiger partial charge in [0.05, 0.1) is 12.8 Å². The van der Waals surface area contributed by atoms with Crippen LogP contribution in [0.5, 0.6) is 5.75 Å². The summed E-state index contributed by atoms with van der Waals surface area (Å²) in [5.74, 6) is 1.53. The molecule has 90 valence electrons. The van der Waals surface area contributed by atoms with Gasteiger partial charge in [-0.2, -0.15) is 0 Å². The van der Waals surface area contributed by atoms with Crippen molar-refractivity contribution >= 4 is 15.9 Å². The molecule has 0 bridgehead atoms. The summed E-state index contributed by atoms with van der Waals surface area (Å²) < 4.78 is 6.57. The van der Waals surface area contributed by atoms with Crippen LogP contribution < -0.4 is 4.74 Å². The van der Waals surface area contributed by atoms with Crippen molar-refractivity contribution in [1.29, 1.82) is 0 Å². The third-order valence-electron chi connectivity index (χ3n) is 2.73. The summed E-state index contributed by atoms with van der Waals surface area (Å²) in [5, 5.41) is 0. The Labute approximate surface area is 107 Å². The summed E-state index contributed by atoms with van der Waals surface area (Å²) in [6.45, 7) is 5.26. The fraction of sp³-hybridized carbons (Fsp3) is 0.615. The lowest BCUT2D eigenvalue weighted by Crippen LogP contribution is -2.11. The van der Waals surface area contributed by atoms with Crippen LogP contribution in [0, 0.1) is 5.92 Å². The molecule has 1 aromatic heterocycles. The molecule has 2 nitrogen and oxygen atoms in total. The molecule has 1 aromatic rings. The third kappa shape index (κ3) is 4.97. The van der Waals surface area contributed by atoms with E-state index < -0.39 is 0 Å². The van der Waals surface area contributed by atoms with E-state index >= 15 is 0 Å². The maximum Gasteiger partial charge on any atom is 0.137 e. The van der Waals surface area contributed by atoms with Crippen molar-refractivity contribution in [2.45, 2.75) is 39.5 Å². The molecule has 0 aliphatic rings. The summed E-state index contributed by atoms with van der Waals surface area (Å²) in [7, 11) is 0. The van der Waals surface area contributed by atoms with Gasteiger partial charge in [0.15, 0.2) is 0 Å². The molecule has 0 amide bonds. The van der Waals surface area contributed by atoms with Gasteiger partial charge < -0.3 is 4.74 Å². The predicted octanol–water partition coefficient (Wildman–Crippen LogP) is 4.44. The number of pyridine rings is 1. The van der Waals surface area contributed by atoms with Gasteiger partial charge in [0, 0.05) is 0 Å². The van der Waals surface area contributed by atoms with Crippen molar-refractivity contribution in [3.05, 3.63) is 22.9 Å². The molecule has 0 spiro atoms. The van der Waals surface area contributed by atoms with E-state index in [0.29, 0.717) is 5.92 Å². The Morgan fingerprint density at radius 2 is 2.19 bits per heavy atom. The molecule has 0 aromatic carbocycles. The number of halogens is 1. The number of ether oxygens (including phenoxy) is 1. The van der Waals surface area contributed by atoms with E-state index in [-0.39, 0.29) is 0 Å². The highest BCUT2D eigenvalue weighted by Crippen LogP contribution is 2.17. The SMILES string of the molecule is CCCCC(CC)COc1ccc(Br)nc1. The maximum atomic E-state index is 5.73. The van der Waals surface area contributed by atoms with Crippen LogP contribution in [0.3, 0.4) is 0 Å². The summed E-state index contributed by atoms with van der Waals surface area (Å²) >= 11 is 3.31. The zero-order chi connectivity index (χ0) is 11.8. The Bertz CT molecular complexity index is 286. The van der Waals surface area contributed by atoms with Crippen molar-refractivity contribution in [3.8, 4) is 5.75 Å². The van der Waals surface area contributed by atoms with Gasteiger partial charge >= 0.3 is 0 Å². The molecule has 0 fully saturated rings. The lowest BCUT2D eigenvalue weighted by atomic mass is 10.0. The van der Waals surface area contributed by atoms with Gasteiger partial charge in [0.25, 0.3) is 0 Å². The van der Waals surface area contributed by atoms with E-state index in [1.807, 2.05) is 12.1 Å². The third-order valence-corrected chi connectivity index (χ3v) is 3.20. The number of aromatic nitrogens is 1. The number of hydrogen-bond donors (Lipinski definition) is 0. The molecule has 0 aliphatic heterocycles. The summed E-state index contributed by atoms with van der Waals surface area (Å²) in [4.78, 5) is 4.14. The van der Waals surface area contributed by atoms with Gasteiger partial charge in [-0.15, -0.1) is 0 Å². The van der Waals surface area contributed by atoms with Crippen LogP contribution in [-0.2, 0) is 0 Å². The van der Waals surface area contributed by atoms with Crippen molar-refractivity contribution in [3.63, 3.8) is 0 Å². The van der Waals surface area contributed by atoms with Crippen LogP contribution in [0.25, 0.3) is 0 Å². The van der Waals surface area contributed by atoms with Gasteiger partial charge in [-0.25, -0.2) is 4.98 Å². The number of rotatable bonds is 7. The van der Waals surface area contributed by atoms with Crippen LogP contribution in [-0.4, -0.2) is 11.6 Å². The molecule has 0 saturated carbocycles. The van der Waals surface area contributed by atoms with Gasteiger partial charge in [0.2, 0.25) is 0 Å². The first-order valence-electron chi connectivity index (χ1n) is 6.00. The maximum absolute atomic E-state index is 5.73. The molecule has 3 heteroatoms. The molecule has 0 N–H and O–H groups in total. The van der Waals surface area contributed by atoms with Crippen molar-refractivity contribution in [2.75, 3.05) is 6.61 Å². The first-order valence-corrected chi connectivity index (χ1v) is 6.79. The smallest absolute Gasteiger partial charge is 0.137 e. The highest BCUT2D eigenvalue weighted by Gasteiger charge is 2.06. The second kappa shape index (κ2) is 7.66. The average molecular weight is 286 g/mol. The Balaban J connectivity index is 2.34. The van der Waals surface area contributed by atoms with Crippen LogP contribution in [0.1, 0.15) is 39.5 Å². The van der Waals surface area contributed by atoms with Crippen LogP contribution >= 0.6 is 15.9 Å². The molecule has 1 heterocycles. The van der Waals surface area contributed by atoms with Gasteiger partial charge in [0.1, 0.15) is 10.4 Å². The second-order valence-corrected chi connectivity index (χ2v) is 4.86. The zero-order valence-electron chi connectivity index (χ0n) is 10.1. The molecule has 1 rings (SSSR count). The Morgan fingerprint density at radius 3 is 2.75 bits per heavy atom. The van der Waals surface area contributed by atoms with Crippen molar-refractivity contribution < 1.29 is 4.74 Å². The molecule has 0 aliphatic carbocycles. The number of nitrogens with zero attached hydrogens (tertiary/aromatic N) is 1. The van der Waals surface area contributed by atoms with E-state index in [2.05, 4.69) is 34.8 Å². The Morgan fingerprint density at radius 1 is 1.38 bits per heavy atom. The lowest BCUT2D eigenvalue weighted by Gasteiger charge is -2.15. The number of unbranched alkanes of at least 4 members (excludes halogenated alkanes) is 1. The molecule has 16 heavy (non-hydrogen) atoms. The highest BCUT2D eigenvalue weighted by atomic mass is 79.9. The molecule has 0 saturated heterocycles. The standard InChI is InChI=1S/C13H20BrNO/c1-3-5-6-11(4-2)10-16-12-7-8-13(14)15-9-12/h7-9,11H,3-6,10H2,1-2H3. The average Bonchev–Trinajstić information content (AvgIpc) is 2.32. The minimum Gasteiger partial charge on any atom is -0.492 e. The molecular weight excluding hydrogens is 266 g/mol. The van der Waals surface area contributed by atoms with Crippen LogP contribution in [0.15, 0.2) is 22.9 Å².